The van der Waals surface area contributed by atoms with Crippen LogP contribution in [0.15, 0.2) is 122 Å². The fourth-order valence-corrected chi connectivity index (χ4v) is 8.96. The van der Waals surface area contributed by atoms with Gasteiger partial charge < -0.3 is 18.9 Å². The molecule has 0 aliphatic heterocycles. The van der Waals surface area contributed by atoms with Crippen LogP contribution in [0.25, 0.3) is 0 Å². The van der Waals surface area contributed by atoms with Crippen molar-refractivity contribution in [2.24, 2.45) is 0 Å². The molecule has 9 nitrogen and oxygen atoms in total. The standard InChI is InChI=1S/C68H116NO8P/c1-6-8-10-12-14-16-18-20-21-22-23-24-25-26-27-28-29-30-31-32-33-34-35-36-37-38-39-40-41-42-43-44-45-46-47-49-51-53-55-57-59-61-68(71)77-66(65-76-78(72,73)75-63-62-69(3,4)5)64-74-67(70)60-58-56-54-52-50-48-19-17-15-13-11-9-7-2/h8,10,14,16,20-21,23-24,26-27,29-30,32-33,35-36,38-39,41-42,66H,6-7,9,11-13,15,17-19,22,25,28,31,34,37,40,43-65H2,1-5H3/p+1/b10-8-,16-14-,21-20-,24-23-,27-26-,30-29-,33-32-,36-35-,39-38-,42-41-. The second-order valence-corrected chi connectivity index (χ2v) is 23.2. The summed E-state index contributed by atoms with van der Waals surface area (Å²) in [7, 11) is 1.47. The molecule has 446 valence electrons. The van der Waals surface area contributed by atoms with Crippen molar-refractivity contribution in [3.05, 3.63) is 122 Å². The Hall–Kier alpha value is -3.59. The third-order valence-electron chi connectivity index (χ3n) is 13.0. The molecule has 10 heteroatoms. The average Bonchev–Trinajstić information content (AvgIpc) is 3.40. The monoisotopic (exact) mass is 1110 g/mol. The fourth-order valence-electron chi connectivity index (χ4n) is 8.22. The van der Waals surface area contributed by atoms with E-state index < -0.39 is 26.5 Å². The van der Waals surface area contributed by atoms with Crippen molar-refractivity contribution in [3.63, 3.8) is 0 Å². The number of phosphoric ester groups is 1. The van der Waals surface area contributed by atoms with Crippen LogP contribution in [-0.4, -0.2) is 74.9 Å². The Morgan fingerprint density at radius 3 is 1.09 bits per heavy atom. The molecule has 0 fully saturated rings. The number of esters is 2. The number of phosphoric acid groups is 1. The van der Waals surface area contributed by atoms with E-state index in [2.05, 4.69) is 135 Å². The lowest BCUT2D eigenvalue weighted by Gasteiger charge is -2.24. The van der Waals surface area contributed by atoms with E-state index in [1.54, 1.807) is 0 Å². The number of unbranched alkanes of at least 4 members (excludes halogenated alkanes) is 22. The predicted molar refractivity (Wildman–Crippen MR) is 334 cm³/mol. The lowest BCUT2D eigenvalue weighted by molar-refractivity contribution is -0.870. The lowest BCUT2D eigenvalue weighted by atomic mass is 10.0. The Morgan fingerprint density at radius 2 is 0.731 bits per heavy atom. The van der Waals surface area contributed by atoms with Crippen LogP contribution in [0.5, 0.6) is 0 Å². The van der Waals surface area contributed by atoms with E-state index in [9.17, 15) is 19.0 Å². The van der Waals surface area contributed by atoms with Crippen molar-refractivity contribution in [3.8, 4) is 0 Å². The summed E-state index contributed by atoms with van der Waals surface area (Å²) in [6.45, 7) is 4.31. The topological polar surface area (TPSA) is 108 Å². The molecular weight excluding hydrogens is 990 g/mol. The molecule has 2 atom stereocenters. The minimum Gasteiger partial charge on any atom is -0.462 e. The average molecular weight is 1110 g/mol. The molecule has 0 spiro atoms. The van der Waals surface area contributed by atoms with Gasteiger partial charge in [-0.05, 0) is 89.9 Å². The van der Waals surface area contributed by atoms with E-state index in [-0.39, 0.29) is 32.0 Å². The van der Waals surface area contributed by atoms with Crippen LogP contribution in [0, 0.1) is 0 Å². The molecule has 1 N–H and O–H groups in total. The molecule has 0 saturated heterocycles. The van der Waals surface area contributed by atoms with Crippen LogP contribution in [0.4, 0.5) is 0 Å². The van der Waals surface area contributed by atoms with Gasteiger partial charge in [0.05, 0.1) is 27.7 Å². The molecule has 0 aliphatic rings. The largest absolute Gasteiger partial charge is 0.472 e. The van der Waals surface area contributed by atoms with Gasteiger partial charge in [-0.2, -0.15) is 0 Å². The number of rotatable bonds is 56. The van der Waals surface area contributed by atoms with Crippen molar-refractivity contribution < 1.29 is 42.1 Å². The van der Waals surface area contributed by atoms with Crippen LogP contribution in [0.1, 0.15) is 245 Å². The van der Waals surface area contributed by atoms with E-state index in [1.807, 2.05) is 21.1 Å². The molecule has 0 radical (unpaired) electrons. The van der Waals surface area contributed by atoms with Gasteiger partial charge in [0.25, 0.3) is 0 Å². The molecule has 78 heavy (non-hydrogen) atoms. The van der Waals surface area contributed by atoms with Gasteiger partial charge in [0, 0.05) is 12.8 Å². The van der Waals surface area contributed by atoms with Crippen molar-refractivity contribution in [1.29, 1.82) is 0 Å². The smallest absolute Gasteiger partial charge is 0.462 e. The zero-order chi connectivity index (χ0) is 57.0. The summed E-state index contributed by atoms with van der Waals surface area (Å²) in [4.78, 5) is 35.6. The summed E-state index contributed by atoms with van der Waals surface area (Å²) in [6, 6.07) is 0. The summed E-state index contributed by atoms with van der Waals surface area (Å²) in [5.41, 5.74) is 0. The number of hydrogen-bond donors (Lipinski definition) is 1. The zero-order valence-electron chi connectivity index (χ0n) is 50.6. The number of allylic oxidation sites excluding steroid dienone is 20. The molecule has 0 heterocycles. The molecule has 0 aromatic carbocycles. The quantitative estimate of drug-likeness (QED) is 0.0211. The highest BCUT2D eigenvalue weighted by atomic mass is 31.2. The summed E-state index contributed by atoms with van der Waals surface area (Å²) in [6.07, 6.45) is 82.8. The fraction of sp³-hybridized carbons (Fsp3) is 0.676. The van der Waals surface area contributed by atoms with Gasteiger partial charge >= 0.3 is 19.8 Å². The molecule has 0 aromatic heterocycles. The Balaban J connectivity index is 4.06. The van der Waals surface area contributed by atoms with Crippen molar-refractivity contribution in [2.45, 2.75) is 251 Å². The number of carbonyl (C=O) groups excluding carboxylic acids is 2. The first-order valence-corrected chi connectivity index (χ1v) is 32.8. The summed E-state index contributed by atoms with van der Waals surface area (Å²) >= 11 is 0. The van der Waals surface area contributed by atoms with Crippen molar-refractivity contribution >= 4 is 19.8 Å². The molecule has 0 aromatic rings. The summed E-state index contributed by atoms with van der Waals surface area (Å²) in [5.74, 6) is -0.803. The number of carbonyl (C=O) groups is 2. The maximum Gasteiger partial charge on any atom is 0.472 e. The maximum absolute atomic E-state index is 12.8. The van der Waals surface area contributed by atoms with Crippen LogP contribution < -0.4 is 0 Å². The highest BCUT2D eigenvalue weighted by molar-refractivity contribution is 7.47. The van der Waals surface area contributed by atoms with Gasteiger partial charge in [-0.3, -0.25) is 18.6 Å². The highest BCUT2D eigenvalue weighted by Crippen LogP contribution is 2.43. The van der Waals surface area contributed by atoms with E-state index in [0.717, 1.165) is 109 Å². The second-order valence-electron chi connectivity index (χ2n) is 21.7. The molecule has 0 rings (SSSR count). The Labute approximate surface area is 479 Å². The van der Waals surface area contributed by atoms with Crippen LogP contribution in [0.3, 0.4) is 0 Å². The normalized spacial score (nSPS) is 14.1. The van der Waals surface area contributed by atoms with Crippen LogP contribution in [0.2, 0.25) is 0 Å². The lowest BCUT2D eigenvalue weighted by Crippen LogP contribution is -2.37. The number of likely N-dealkylation sites (N-methyl/N-ethyl adjacent to an activating group) is 1. The van der Waals surface area contributed by atoms with Gasteiger partial charge in [-0.15, -0.1) is 0 Å². The van der Waals surface area contributed by atoms with Gasteiger partial charge in [0.2, 0.25) is 0 Å². The Kier molecular flexibility index (Phi) is 55.4. The van der Waals surface area contributed by atoms with E-state index >= 15 is 0 Å². The van der Waals surface area contributed by atoms with Gasteiger partial charge in [-0.1, -0.05) is 264 Å². The minimum absolute atomic E-state index is 0.0274. The third kappa shape index (κ3) is 61.6. The number of quaternary nitrogens is 1. The first kappa shape index (κ1) is 74.4. The second kappa shape index (κ2) is 58.1. The molecule has 0 saturated carbocycles. The maximum atomic E-state index is 12.8. The van der Waals surface area contributed by atoms with E-state index in [0.29, 0.717) is 17.4 Å². The number of nitrogens with zero attached hydrogens (tertiary/aromatic N) is 1. The Morgan fingerprint density at radius 1 is 0.410 bits per heavy atom. The van der Waals surface area contributed by atoms with Gasteiger partial charge in [0.15, 0.2) is 6.10 Å². The van der Waals surface area contributed by atoms with E-state index in [4.69, 9.17) is 18.5 Å². The van der Waals surface area contributed by atoms with Gasteiger partial charge in [0.1, 0.15) is 19.8 Å². The molecule has 0 bridgehead atoms. The highest BCUT2D eigenvalue weighted by Gasteiger charge is 2.27. The number of ether oxygens (including phenoxy) is 2. The number of hydrogen-bond acceptors (Lipinski definition) is 7. The summed E-state index contributed by atoms with van der Waals surface area (Å²) in [5, 5.41) is 0. The van der Waals surface area contributed by atoms with Crippen LogP contribution in [-0.2, 0) is 32.7 Å². The SMILES string of the molecule is CC/C=C\C/C=C\C/C=C\C/C=C\C/C=C\C/C=C\C/C=C\C/C=C\C/C=C\C/C=C\CCCCCCCCCCCCC(=O)OC(COC(=O)CCCCCCCCCCCCCCC)COP(=O)(O)OCC[N+](C)(C)C. The van der Waals surface area contributed by atoms with Crippen molar-refractivity contribution in [2.75, 3.05) is 47.5 Å². The van der Waals surface area contributed by atoms with Crippen LogP contribution >= 0.6 is 7.82 Å². The first-order chi connectivity index (χ1) is 38.0. The summed E-state index contributed by atoms with van der Waals surface area (Å²) < 4.78 is 34.5. The first-order valence-electron chi connectivity index (χ1n) is 31.3. The zero-order valence-corrected chi connectivity index (χ0v) is 51.5. The molecule has 0 amide bonds. The Bertz CT molecular complexity index is 1730. The van der Waals surface area contributed by atoms with Gasteiger partial charge in [-0.25, -0.2) is 4.57 Å². The molecule has 0 aliphatic carbocycles. The molecular formula is C68H117NO8P+. The van der Waals surface area contributed by atoms with E-state index in [1.165, 1.54) is 103 Å². The van der Waals surface area contributed by atoms with Crippen molar-refractivity contribution in [1.82, 2.24) is 0 Å². The third-order valence-corrected chi connectivity index (χ3v) is 14.0. The minimum atomic E-state index is -4.39. The predicted octanol–water partition coefficient (Wildman–Crippen LogP) is 19.9. The molecule has 2 unspecified atom stereocenters.